The average Bonchev–Trinajstić information content (AvgIpc) is 2.84. The Morgan fingerprint density at radius 3 is 2.57 bits per heavy atom. The first-order valence-corrected chi connectivity index (χ1v) is 8.26. The number of halogens is 2. The van der Waals surface area contributed by atoms with E-state index in [1.807, 2.05) is 0 Å². The van der Waals surface area contributed by atoms with Crippen molar-refractivity contribution in [3.05, 3.63) is 34.1 Å². The molecule has 23 heavy (non-hydrogen) atoms. The van der Waals surface area contributed by atoms with Gasteiger partial charge in [0.25, 0.3) is 0 Å². The zero-order chi connectivity index (χ0) is 17.0. The Morgan fingerprint density at radius 1 is 1.30 bits per heavy atom. The van der Waals surface area contributed by atoms with E-state index in [-0.39, 0.29) is 55.9 Å². The summed E-state index contributed by atoms with van der Waals surface area (Å²) in [5.41, 5.74) is 0.419. The predicted molar refractivity (Wildman–Crippen MR) is 85.8 cm³/mol. The standard InChI is InChI=1S/C16H18BrFN2O3/c1-2-19(10-11-9-12(17)3-4-13(11)18)14(21)7-8-20-15(22)5-6-16(20)23/h3-4,9H,2,5-8,10H2,1H3. The number of amides is 3. The van der Waals surface area contributed by atoms with Crippen molar-refractivity contribution in [2.24, 2.45) is 0 Å². The van der Waals surface area contributed by atoms with E-state index in [1.54, 1.807) is 19.1 Å². The second-order valence-corrected chi connectivity index (χ2v) is 6.25. The molecule has 1 aromatic carbocycles. The van der Waals surface area contributed by atoms with E-state index in [9.17, 15) is 18.8 Å². The number of likely N-dealkylation sites (tertiary alicyclic amines) is 1. The molecule has 0 unspecified atom stereocenters. The van der Waals surface area contributed by atoms with Gasteiger partial charge < -0.3 is 4.90 Å². The minimum Gasteiger partial charge on any atom is -0.338 e. The van der Waals surface area contributed by atoms with E-state index in [0.29, 0.717) is 12.1 Å². The van der Waals surface area contributed by atoms with Crippen LogP contribution in [0.5, 0.6) is 0 Å². The predicted octanol–water partition coefficient (Wildman–Crippen LogP) is 2.48. The van der Waals surface area contributed by atoms with Gasteiger partial charge in [0.05, 0.1) is 0 Å². The fraction of sp³-hybridized carbons (Fsp3) is 0.438. The SMILES string of the molecule is CCN(Cc1cc(Br)ccc1F)C(=O)CCN1C(=O)CCC1=O. The molecular weight excluding hydrogens is 367 g/mol. The van der Waals surface area contributed by atoms with Gasteiger partial charge in [0.2, 0.25) is 17.7 Å². The van der Waals surface area contributed by atoms with Crippen LogP contribution >= 0.6 is 15.9 Å². The Balaban J connectivity index is 1.97. The molecule has 0 aliphatic carbocycles. The van der Waals surface area contributed by atoms with Gasteiger partial charge in [-0.25, -0.2) is 4.39 Å². The molecule has 1 aliphatic heterocycles. The average molecular weight is 385 g/mol. The number of hydrogen-bond donors (Lipinski definition) is 0. The normalized spacial score (nSPS) is 14.5. The summed E-state index contributed by atoms with van der Waals surface area (Å²) >= 11 is 3.28. The summed E-state index contributed by atoms with van der Waals surface area (Å²) in [5.74, 6) is -1.04. The molecule has 0 N–H and O–H groups in total. The topological polar surface area (TPSA) is 57.7 Å². The number of carbonyl (C=O) groups is 3. The lowest BCUT2D eigenvalue weighted by atomic mass is 10.2. The summed E-state index contributed by atoms with van der Waals surface area (Å²) in [6.07, 6.45) is 0.489. The van der Waals surface area contributed by atoms with E-state index in [1.165, 1.54) is 11.0 Å². The van der Waals surface area contributed by atoms with Crippen LogP contribution in [0.15, 0.2) is 22.7 Å². The molecule has 1 heterocycles. The van der Waals surface area contributed by atoms with E-state index < -0.39 is 0 Å². The van der Waals surface area contributed by atoms with Crippen LogP contribution in [0.3, 0.4) is 0 Å². The van der Waals surface area contributed by atoms with E-state index in [0.717, 1.165) is 9.37 Å². The van der Waals surface area contributed by atoms with E-state index in [2.05, 4.69) is 15.9 Å². The molecule has 124 valence electrons. The molecule has 1 saturated heterocycles. The number of nitrogens with zero attached hydrogens (tertiary/aromatic N) is 2. The lowest BCUT2D eigenvalue weighted by Gasteiger charge is -2.22. The molecule has 2 rings (SSSR count). The molecule has 7 heteroatoms. The van der Waals surface area contributed by atoms with Crippen LogP contribution in [0.1, 0.15) is 31.7 Å². The molecule has 0 radical (unpaired) electrons. The van der Waals surface area contributed by atoms with Crippen molar-refractivity contribution < 1.29 is 18.8 Å². The molecule has 0 spiro atoms. The summed E-state index contributed by atoms with van der Waals surface area (Å²) < 4.78 is 14.5. The number of rotatable bonds is 6. The van der Waals surface area contributed by atoms with E-state index >= 15 is 0 Å². The highest BCUT2D eigenvalue weighted by Crippen LogP contribution is 2.18. The van der Waals surface area contributed by atoms with Crippen LogP contribution in [-0.2, 0) is 20.9 Å². The zero-order valence-corrected chi connectivity index (χ0v) is 14.4. The highest BCUT2D eigenvalue weighted by molar-refractivity contribution is 9.10. The number of hydrogen-bond acceptors (Lipinski definition) is 3. The van der Waals surface area contributed by atoms with Crippen molar-refractivity contribution in [3.63, 3.8) is 0 Å². The number of imide groups is 1. The number of carbonyl (C=O) groups excluding carboxylic acids is 3. The summed E-state index contributed by atoms with van der Waals surface area (Å²) in [6, 6.07) is 4.58. The van der Waals surface area contributed by atoms with Crippen molar-refractivity contribution >= 4 is 33.7 Å². The molecule has 1 fully saturated rings. The van der Waals surface area contributed by atoms with Crippen LogP contribution in [0.4, 0.5) is 4.39 Å². The van der Waals surface area contributed by atoms with Crippen molar-refractivity contribution in [1.82, 2.24) is 9.80 Å². The molecule has 0 bridgehead atoms. The van der Waals surface area contributed by atoms with Crippen LogP contribution < -0.4 is 0 Å². The van der Waals surface area contributed by atoms with Crippen LogP contribution in [0, 0.1) is 5.82 Å². The van der Waals surface area contributed by atoms with Gasteiger partial charge in [0, 0.05) is 48.9 Å². The molecule has 0 aromatic heterocycles. The summed E-state index contributed by atoms with van der Waals surface area (Å²) in [6.45, 7) is 2.48. The summed E-state index contributed by atoms with van der Waals surface area (Å²) in [4.78, 5) is 38.0. The Kier molecular flexibility index (Phi) is 5.87. The molecule has 1 aliphatic rings. The highest BCUT2D eigenvalue weighted by atomic mass is 79.9. The number of benzene rings is 1. The third kappa shape index (κ3) is 4.37. The van der Waals surface area contributed by atoms with E-state index in [4.69, 9.17) is 0 Å². The molecule has 5 nitrogen and oxygen atoms in total. The second kappa shape index (κ2) is 7.68. The van der Waals surface area contributed by atoms with Gasteiger partial charge in [-0.1, -0.05) is 15.9 Å². The van der Waals surface area contributed by atoms with Crippen LogP contribution in [0.2, 0.25) is 0 Å². The smallest absolute Gasteiger partial charge is 0.229 e. The summed E-state index contributed by atoms with van der Waals surface area (Å²) in [5, 5.41) is 0. The van der Waals surface area contributed by atoms with Crippen LogP contribution in [0.25, 0.3) is 0 Å². The Labute approximate surface area is 142 Å². The van der Waals surface area contributed by atoms with Gasteiger partial charge in [0.1, 0.15) is 5.82 Å². The third-order valence-corrected chi connectivity index (χ3v) is 4.30. The van der Waals surface area contributed by atoms with Crippen molar-refractivity contribution in [3.8, 4) is 0 Å². The van der Waals surface area contributed by atoms with Crippen molar-refractivity contribution in [1.29, 1.82) is 0 Å². The maximum absolute atomic E-state index is 13.8. The minimum atomic E-state index is -0.371. The maximum atomic E-state index is 13.8. The monoisotopic (exact) mass is 384 g/mol. The molecule has 0 atom stereocenters. The van der Waals surface area contributed by atoms with Gasteiger partial charge in [-0.3, -0.25) is 19.3 Å². The first-order valence-electron chi connectivity index (χ1n) is 7.47. The molecule has 1 aromatic rings. The van der Waals surface area contributed by atoms with Crippen LogP contribution in [-0.4, -0.2) is 40.6 Å². The van der Waals surface area contributed by atoms with Crippen molar-refractivity contribution in [2.75, 3.05) is 13.1 Å². The van der Waals surface area contributed by atoms with Crippen molar-refractivity contribution in [2.45, 2.75) is 32.7 Å². The first kappa shape index (κ1) is 17.6. The highest BCUT2D eigenvalue weighted by Gasteiger charge is 2.29. The molecule has 3 amide bonds. The largest absolute Gasteiger partial charge is 0.338 e. The fourth-order valence-corrected chi connectivity index (χ4v) is 2.89. The van der Waals surface area contributed by atoms with Gasteiger partial charge in [-0.15, -0.1) is 0 Å². The van der Waals surface area contributed by atoms with Gasteiger partial charge in [0.15, 0.2) is 0 Å². The third-order valence-electron chi connectivity index (χ3n) is 3.81. The Morgan fingerprint density at radius 2 is 1.96 bits per heavy atom. The second-order valence-electron chi connectivity index (χ2n) is 5.33. The van der Waals surface area contributed by atoms with Gasteiger partial charge >= 0.3 is 0 Å². The maximum Gasteiger partial charge on any atom is 0.229 e. The lowest BCUT2D eigenvalue weighted by molar-refractivity contribution is -0.139. The first-order chi connectivity index (χ1) is 10.9. The van der Waals surface area contributed by atoms with Gasteiger partial charge in [-0.05, 0) is 25.1 Å². The zero-order valence-electron chi connectivity index (χ0n) is 12.8. The van der Waals surface area contributed by atoms with Gasteiger partial charge in [-0.2, -0.15) is 0 Å². The molecule has 0 saturated carbocycles. The summed E-state index contributed by atoms with van der Waals surface area (Å²) in [7, 11) is 0. The Bertz CT molecular complexity index is 620. The quantitative estimate of drug-likeness (QED) is 0.707. The lowest BCUT2D eigenvalue weighted by Crippen LogP contribution is -2.36. The fourth-order valence-electron chi connectivity index (χ4n) is 2.48. The Hall–Kier alpha value is -1.76. The molecular formula is C16H18BrFN2O3. The minimum absolute atomic E-state index is 0.0565.